The lowest BCUT2D eigenvalue weighted by Gasteiger charge is -2.32. The molecule has 0 spiro atoms. The average Bonchev–Trinajstić information content (AvgIpc) is 2.60. The van der Waals surface area contributed by atoms with E-state index >= 15 is 0 Å². The summed E-state index contributed by atoms with van der Waals surface area (Å²) in [6.07, 6.45) is -0.743. The minimum absolute atomic E-state index is 0.256. The first-order valence-electron chi connectivity index (χ1n) is 7.14. The van der Waals surface area contributed by atoms with Crippen molar-refractivity contribution >= 4 is 39.9 Å². The van der Waals surface area contributed by atoms with Gasteiger partial charge in [-0.2, -0.15) is 0 Å². The van der Waals surface area contributed by atoms with Gasteiger partial charge in [0.15, 0.2) is 6.10 Å². The number of carbonyl (C=O) groups excluding carboxylic acids is 1. The molecule has 1 aliphatic heterocycles. The van der Waals surface area contributed by atoms with Crippen LogP contribution in [0.1, 0.15) is 5.56 Å². The lowest BCUT2D eigenvalue weighted by Crippen LogP contribution is -2.47. The van der Waals surface area contributed by atoms with Crippen LogP contribution in [0.4, 0.5) is 5.69 Å². The highest BCUT2D eigenvalue weighted by atomic mass is 127. The summed E-state index contributed by atoms with van der Waals surface area (Å²) in [5.74, 6) is -0.0256. The number of anilines is 1. The van der Waals surface area contributed by atoms with Gasteiger partial charge in [0.05, 0.1) is 11.6 Å². The first-order chi connectivity index (χ1) is 11.2. The quantitative estimate of drug-likeness (QED) is 0.345. The molecule has 2 unspecified atom stereocenters. The van der Waals surface area contributed by atoms with Crippen molar-refractivity contribution < 1.29 is 14.7 Å². The van der Waals surface area contributed by atoms with Crippen molar-refractivity contribution in [2.24, 2.45) is 11.1 Å². The molecule has 1 aliphatic rings. The predicted molar refractivity (Wildman–Crippen MR) is 96.6 cm³/mol. The molecule has 0 fully saturated rings. The van der Waals surface area contributed by atoms with E-state index in [2.05, 4.69) is 33.1 Å². The maximum Gasteiger partial charge on any atom is 0.266 e. The molecule has 1 heterocycles. The highest BCUT2D eigenvalue weighted by molar-refractivity contribution is 14.1. The van der Waals surface area contributed by atoms with Crippen molar-refractivity contribution in [1.82, 2.24) is 0 Å². The summed E-state index contributed by atoms with van der Waals surface area (Å²) >= 11 is 2.17. The van der Waals surface area contributed by atoms with Gasteiger partial charge in [0.2, 0.25) is 0 Å². The summed E-state index contributed by atoms with van der Waals surface area (Å²) in [5.41, 5.74) is 1.91. The first-order valence-corrected chi connectivity index (χ1v) is 8.67. The van der Waals surface area contributed by atoms with Crippen molar-refractivity contribution in [3.05, 3.63) is 60.2 Å². The zero-order valence-corrected chi connectivity index (χ0v) is 14.3. The van der Waals surface area contributed by atoms with Gasteiger partial charge in [-0.05, 0) is 24.3 Å². The third-order valence-electron chi connectivity index (χ3n) is 3.71. The SMILES string of the molecule is O=C(Nc1ccccc1)C1Oc2ccccc2/C(=N/O)C1CI. The van der Waals surface area contributed by atoms with Crippen LogP contribution in [0.15, 0.2) is 59.8 Å². The molecule has 1 amide bonds. The van der Waals surface area contributed by atoms with Crippen LogP contribution < -0.4 is 10.1 Å². The van der Waals surface area contributed by atoms with Crippen molar-refractivity contribution in [2.75, 3.05) is 9.74 Å². The van der Waals surface area contributed by atoms with Gasteiger partial charge in [0.1, 0.15) is 5.75 Å². The van der Waals surface area contributed by atoms with Crippen LogP contribution in [0.2, 0.25) is 0 Å². The van der Waals surface area contributed by atoms with E-state index in [1.807, 2.05) is 48.5 Å². The molecule has 0 saturated carbocycles. The largest absolute Gasteiger partial charge is 0.479 e. The van der Waals surface area contributed by atoms with Crippen molar-refractivity contribution in [3.8, 4) is 5.75 Å². The van der Waals surface area contributed by atoms with Gasteiger partial charge in [-0.25, -0.2) is 0 Å². The number of rotatable bonds is 3. The number of benzene rings is 2. The number of amides is 1. The Labute approximate surface area is 147 Å². The van der Waals surface area contributed by atoms with E-state index in [0.717, 1.165) is 5.56 Å². The summed E-state index contributed by atoms with van der Waals surface area (Å²) in [4.78, 5) is 12.6. The van der Waals surface area contributed by atoms with Crippen LogP contribution in [0.25, 0.3) is 0 Å². The molecule has 2 aromatic carbocycles. The molecule has 3 rings (SSSR count). The second kappa shape index (κ2) is 6.99. The highest BCUT2D eigenvalue weighted by Gasteiger charge is 2.39. The second-order valence-corrected chi connectivity index (χ2v) is 6.02. The third-order valence-corrected chi connectivity index (χ3v) is 4.66. The van der Waals surface area contributed by atoms with Gasteiger partial charge < -0.3 is 15.3 Å². The zero-order valence-electron chi connectivity index (χ0n) is 12.1. The number of nitrogens with zero attached hydrogens (tertiary/aromatic N) is 1. The molecule has 2 atom stereocenters. The molecule has 0 saturated heterocycles. The maximum absolute atomic E-state index is 12.6. The van der Waals surface area contributed by atoms with Crippen molar-refractivity contribution in [1.29, 1.82) is 0 Å². The number of halogens is 1. The predicted octanol–water partition coefficient (Wildman–Crippen LogP) is 3.32. The van der Waals surface area contributed by atoms with Crippen molar-refractivity contribution in [2.45, 2.75) is 6.10 Å². The number of alkyl halides is 1. The van der Waals surface area contributed by atoms with Gasteiger partial charge in [0, 0.05) is 15.7 Å². The lowest BCUT2D eigenvalue weighted by molar-refractivity contribution is -0.123. The van der Waals surface area contributed by atoms with E-state index in [1.54, 1.807) is 6.07 Å². The number of para-hydroxylation sites is 2. The molecule has 0 bridgehead atoms. The van der Waals surface area contributed by atoms with Crippen LogP contribution in [-0.4, -0.2) is 27.4 Å². The Balaban J connectivity index is 1.91. The molecule has 2 aromatic rings. The van der Waals surface area contributed by atoms with Crippen LogP contribution in [0, 0.1) is 5.92 Å². The average molecular weight is 422 g/mol. The molecule has 2 N–H and O–H groups in total. The molecule has 0 aliphatic carbocycles. The Morgan fingerprint density at radius 3 is 2.57 bits per heavy atom. The topological polar surface area (TPSA) is 70.9 Å². The molecule has 6 heteroatoms. The number of ether oxygens (including phenoxy) is 1. The van der Waals surface area contributed by atoms with E-state index in [0.29, 0.717) is 21.6 Å². The van der Waals surface area contributed by atoms with Crippen LogP contribution in [-0.2, 0) is 4.79 Å². The van der Waals surface area contributed by atoms with Crippen LogP contribution >= 0.6 is 22.6 Å². The standard InChI is InChI=1S/C17H15IN2O3/c18-10-13-15(20-22)12-8-4-5-9-14(12)23-16(13)17(21)19-11-6-2-1-3-7-11/h1-9,13,16,22H,10H2,(H,19,21)/b20-15-. The fourth-order valence-corrected chi connectivity index (χ4v) is 3.48. The van der Waals surface area contributed by atoms with E-state index < -0.39 is 6.10 Å². The number of hydrogen-bond acceptors (Lipinski definition) is 4. The maximum atomic E-state index is 12.6. The second-order valence-electron chi connectivity index (χ2n) is 5.14. The fourth-order valence-electron chi connectivity index (χ4n) is 2.60. The number of hydrogen-bond donors (Lipinski definition) is 2. The van der Waals surface area contributed by atoms with Gasteiger partial charge >= 0.3 is 0 Å². The highest BCUT2D eigenvalue weighted by Crippen LogP contribution is 2.32. The van der Waals surface area contributed by atoms with Crippen LogP contribution in [0.3, 0.4) is 0 Å². The van der Waals surface area contributed by atoms with Crippen molar-refractivity contribution in [3.63, 3.8) is 0 Å². The Hall–Kier alpha value is -2.09. The Morgan fingerprint density at radius 1 is 1.17 bits per heavy atom. The minimum Gasteiger partial charge on any atom is -0.479 e. The molecule has 5 nitrogen and oxygen atoms in total. The first kappa shape index (κ1) is 15.8. The summed E-state index contributed by atoms with van der Waals surface area (Å²) in [6, 6.07) is 16.5. The Bertz CT molecular complexity index is 734. The van der Waals surface area contributed by atoms with E-state index in [-0.39, 0.29) is 11.8 Å². The monoisotopic (exact) mass is 422 g/mol. The van der Waals surface area contributed by atoms with E-state index in [4.69, 9.17) is 4.74 Å². The van der Waals surface area contributed by atoms with E-state index in [1.165, 1.54) is 0 Å². The molecule has 0 radical (unpaired) electrons. The minimum atomic E-state index is -0.743. The summed E-state index contributed by atoms with van der Waals surface area (Å²) < 4.78 is 6.49. The van der Waals surface area contributed by atoms with Gasteiger partial charge in [-0.3, -0.25) is 4.79 Å². The summed E-state index contributed by atoms with van der Waals surface area (Å²) in [7, 11) is 0. The summed E-state index contributed by atoms with van der Waals surface area (Å²) in [5, 5.41) is 15.7. The Morgan fingerprint density at radius 2 is 1.87 bits per heavy atom. The van der Waals surface area contributed by atoms with E-state index in [9.17, 15) is 10.0 Å². The number of nitrogens with one attached hydrogen (secondary N) is 1. The zero-order chi connectivity index (χ0) is 16.2. The van der Waals surface area contributed by atoms with Crippen LogP contribution in [0.5, 0.6) is 5.75 Å². The Kier molecular flexibility index (Phi) is 4.80. The lowest BCUT2D eigenvalue weighted by atomic mass is 9.89. The molecular weight excluding hydrogens is 407 g/mol. The van der Waals surface area contributed by atoms with Gasteiger partial charge in [-0.1, -0.05) is 58.1 Å². The summed E-state index contributed by atoms with van der Waals surface area (Å²) in [6.45, 7) is 0. The smallest absolute Gasteiger partial charge is 0.266 e. The number of oxime groups is 1. The fraction of sp³-hybridized carbons (Fsp3) is 0.176. The number of fused-ring (bicyclic) bond motifs is 1. The molecule has 0 aromatic heterocycles. The van der Waals surface area contributed by atoms with Gasteiger partial charge in [-0.15, -0.1) is 0 Å². The van der Waals surface area contributed by atoms with Gasteiger partial charge in [0.25, 0.3) is 5.91 Å². The third kappa shape index (κ3) is 3.17. The normalized spacial score (nSPS) is 21.3. The molecular formula is C17H15IN2O3. The molecule has 118 valence electrons. The number of carbonyl (C=O) groups is 1. The molecule has 23 heavy (non-hydrogen) atoms.